The molecule has 3 aromatic carbocycles. The van der Waals surface area contributed by atoms with E-state index in [-0.39, 0.29) is 11.0 Å². The molecule has 1 fully saturated rings. The molecule has 0 aliphatic carbocycles. The van der Waals surface area contributed by atoms with Crippen molar-refractivity contribution < 1.29 is 23.8 Å². The third-order valence-corrected chi connectivity index (χ3v) is 6.66. The van der Waals surface area contributed by atoms with Gasteiger partial charge < -0.3 is 29.3 Å². The second kappa shape index (κ2) is 13.5. The molecule has 0 saturated carbocycles. The van der Waals surface area contributed by atoms with Gasteiger partial charge in [-0.05, 0) is 60.3 Å². The minimum atomic E-state index is -0.417. The van der Waals surface area contributed by atoms with Crippen molar-refractivity contribution in [3.8, 4) is 17.2 Å². The topological polar surface area (TPSA) is 92.4 Å². The molecule has 0 unspecified atom stereocenters. The number of hydrogen-bond donors (Lipinski definition) is 2. The van der Waals surface area contributed by atoms with Crippen LogP contribution in [0.4, 0.5) is 11.4 Å². The van der Waals surface area contributed by atoms with Crippen LogP contribution in [0.25, 0.3) is 6.08 Å². The highest BCUT2D eigenvalue weighted by Crippen LogP contribution is 2.38. The largest absolute Gasteiger partial charge is 0.493 e. The fourth-order valence-corrected chi connectivity index (χ4v) is 4.54. The lowest BCUT2D eigenvalue weighted by Crippen LogP contribution is -2.48. The van der Waals surface area contributed by atoms with Gasteiger partial charge in [0.25, 0.3) is 5.91 Å². The lowest BCUT2D eigenvalue weighted by Gasteiger charge is -2.35. The minimum absolute atomic E-state index is 0.0186. The molecule has 40 heavy (non-hydrogen) atoms. The molecule has 0 spiro atoms. The Labute approximate surface area is 239 Å². The molecule has 10 heteroatoms. The third kappa shape index (κ3) is 7.09. The van der Waals surface area contributed by atoms with Gasteiger partial charge in [0.05, 0.1) is 21.3 Å². The summed E-state index contributed by atoms with van der Waals surface area (Å²) >= 11 is 5.35. The van der Waals surface area contributed by atoms with Crippen LogP contribution >= 0.6 is 12.2 Å². The second-order valence-corrected chi connectivity index (χ2v) is 9.33. The molecule has 0 aromatic heterocycles. The van der Waals surface area contributed by atoms with Gasteiger partial charge in [-0.15, -0.1) is 0 Å². The number of anilines is 2. The first-order valence-corrected chi connectivity index (χ1v) is 13.1. The molecule has 1 aliphatic rings. The molecule has 2 N–H and O–H groups in total. The van der Waals surface area contributed by atoms with E-state index in [1.54, 1.807) is 18.2 Å². The maximum absolute atomic E-state index is 12.8. The Kier molecular flexibility index (Phi) is 9.58. The van der Waals surface area contributed by atoms with Crippen molar-refractivity contribution in [2.75, 3.05) is 57.7 Å². The zero-order valence-electron chi connectivity index (χ0n) is 22.7. The molecule has 2 amide bonds. The van der Waals surface area contributed by atoms with Crippen molar-refractivity contribution in [2.45, 2.75) is 0 Å². The summed E-state index contributed by atoms with van der Waals surface area (Å²) in [6.45, 7) is 2.77. The number of thiocarbonyl (C=S) groups is 1. The maximum Gasteiger partial charge on any atom is 0.257 e. The summed E-state index contributed by atoms with van der Waals surface area (Å²) in [5, 5.41) is 5.87. The summed E-state index contributed by atoms with van der Waals surface area (Å²) in [5.41, 5.74) is 3.09. The monoisotopic (exact) mass is 560 g/mol. The standard InChI is InChI=1S/C30H32N4O5S/c1-37-25-19-22(20-26(38-2)28(25)39-3)29(36)32-30(40)31-23-10-12-24(13-11-23)33-15-17-34(18-16-33)27(35)14-9-21-7-5-4-6-8-21/h4-14,19-20H,15-18H2,1-3H3,(H2,31,32,36,40)/b14-9+. The fourth-order valence-electron chi connectivity index (χ4n) is 4.33. The van der Waals surface area contributed by atoms with Gasteiger partial charge in [0.15, 0.2) is 16.6 Å². The van der Waals surface area contributed by atoms with Gasteiger partial charge in [-0.25, -0.2) is 0 Å². The second-order valence-electron chi connectivity index (χ2n) is 8.93. The molecule has 1 heterocycles. The van der Waals surface area contributed by atoms with Gasteiger partial charge in [-0.1, -0.05) is 30.3 Å². The molecule has 9 nitrogen and oxygen atoms in total. The fraction of sp³-hybridized carbons (Fsp3) is 0.233. The lowest BCUT2D eigenvalue weighted by molar-refractivity contribution is -0.126. The van der Waals surface area contributed by atoms with Gasteiger partial charge in [0.2, 0.25) is 11.7 Å². The van der Waals surface area contributed by atoms with E-state index < -0.39 is 5.91 Å². The van der Waals surface area contributed by atoms with Crippen LogP contribution in [0.15, 0.2) is 72.8 Å². The number of amides is 2. The van der Waals surface area contributed by atoms with Gasteiger partial charge in [-0.3, -0.25) is 14.9 Å². The molecular formula is C30H32N4O5S. The van der Waals surface area contributed by atoms with E-state index in [2.05, 4.69) is 15.5 Å². The highest BCUT2D eigenvalue weighted by atomic mass is 32.1. The number of rotatable bonds is 8. The predicted molar refractivity (Wildman–Crippen MR) is 160 cm³/mol. The van der Waals surface area contributed by atoms with E-state index in [9.17, 15) is 9.59 Å². The average Bonchev–Trinajstić information content (AvgIpc) is 2.99. The summed E-state index contributed by atoms with van der Waals surface area (Å²) in [6, 6.07) is 20.7. The first-order chi connectivity index (χ1) is 19.4. The number of ether oxygens (including phenoxy) is 3. The van der Waals surface area contributed by atoms with Crippen LogP contribution in [0.3, 0.4) is 0 Å². The Morgan fingerprint density at radius 2 is 1.48 bits per heavy atom. The number of piperazine rings is 1. The number of carbonyl (C=O) groups is 2. The molecule has 1 saturated heterocycles. The first kappa shape index (κ1) is 28.4. The molecular weight excluding hydrogens is 528 g/mol. The Morgan fingerprint density at radius 3 is 2.05 bits per heavy atom. The Bertz CT molecular complexity index is 1350. The van der Waals surface area contributed by atoms with Crippen molar-refractivity contribution >= 4 is 46.6 Å². The molecule has 0 atom stereocenters. The van der Waals surface area contributed by atoms with Crippen LogP contribution in [0, 0.1) is 0 Å². The van der Waals surface area contributed by atoms with Crippen LogP contribution in [-0.2, 0) is 4.79 Å². The lowest BCUT2D eigenvalue weighted by atomic mass is 10.1. The van der Waals surface area contributed by atoms with Crippen LogP contribution in [0.5, 0.6) is 17.2 Å². The van der Waals surface area contributed by atoms with Gasteiger partial charge in [0, 0.05) is 49.2 Å². The molecule has 3 aromatic rings. The molecule has 0 radical (unpaired) electrons. The Hall–Kier alpha value is -4.57. The maximum atomic E-state index is 12.8. The predicted octanol–water partition coefficient (Wildman–Crippen LogP) is 4.20. The Balaban J connectivity index is 1.28. The summed E-state index contributed by atoms with van der Waals surface area (Å²) in [7, 11) is 4.47. The SMILES string of the molecule is COc1cc(C(=O)NC(=S)Nc2ccc(N3CCN(C(=O)/C=C/c4ccccc4)CC3)cc2)cc(OC)c1OC. The van der Waals surface area contributed by atoms with E-state index in [0.717, 1.165) is 30.0 Å². The summed E-state index contributed by atoms with van der Waals surface area (Å²) < 4.78 is 15.9. The summed E-state index contributed by atoms with van der Waals surface area (Å²) in [6.07, 6.45) is 3.48. The molecule has 0 bridgehead atoms. The van der Waals surface area contributed by atoms with Crippen LogP contribution in [0.1, 0.15) is 15.9 Å². The zero-order valence-corrected chi connectivity index (χ0v) is 23.5. The van der Waals surface area contributed by atoms with Crippen LogP contribution in [0.2, 0.25) is 0 Å². The van der Waals surface area contributed by atoms with Gasteiger partial charge in [-0.2, -0.15) is 0 Å². The normalized spacial score (nSPS) is 13.1. The Morgan fingerprint density at radius 1 is 0.850 bits per heavy atom. The van der Waals surface area contributed by atoms with Crippen molar-refractivity contribution in [3.05, 3.63) is 83.9 Å². The molecule has 4 rings (SSSR count). The first-order valence-electron chi connectivity index (χ1n) is 12.7. The van der Waals surface area contributed by atoms with Crippen LogP contribution < -0.4 is 29.7 Å². The quantitative estimate of drug-likeness (QED) is 0.313. The minimum Gasteiger partial charge on any atom is -0.493 e. The van der Waals surface area contributed by atoms with E-state index >= 15 is 0 Å². The smallest absolute Gasteiger partial charge is 0.257 e. The average molecular weight is 561 g/mol. The zero-order chi connectivity index (χ0) is 28.5. The van der Waals surface area contributed by atoms with E-state index in [1.807, 2.05) is 65.6 Å². The number of hydrogen-bond acceptors (Lipinski definition) is 7. The van der Waals surface area contributed by atoms with Crippen LogP contribution in [-0.4, -0.2) is 69.3 Å². The van der Waals surface area contributed by atoms with E-state index in [4.69, 9.17) is 26.4 Å². The van der Waals surface area contributed by atoms with E-state index in [1.165, 1.54) is 21.3 Å². The number of carbonyl (C=O) groups excluding carboxylic acids is 2. The van der Waals surface area contributed by atoms with Crippen molar-refractivity contribution in [1.82, 2.24) is 10.2 Å². The van der Waals surface area contributed by atoms with Gasteiger partial charge in [0.1, 0.15) is 0 Å². The van der Waals surface area contributed by atoms with Gasteiger partial charge >= 0.3 is 0 Å². The van der Waals surface area contributed by atoms with Crippen molar-refractivity contribution in [2.24, 2.45) is 0 Å². The summed E-state index contributed by atoms with van der Waals surface area (Å²) in [5.74, 6) is 0.741. The highest BCUT2D eigenvalue weighted by molar-refractivity contribution is 7.80. The molecule has 1 aliphatic heterocycles. The number of nitrogens with one attached hydrogen (secondary N) is 2. The molecule has 208 valence electrons. The highest BCUT2D eigenvalue weighted by Gasteiger charge is 2.20. The third-order valence-electron chi connectivity index (χ3n) is 6.45. The number of benzene rings is 3. The van der Waals surface area contributed by atoms with Crippen molar-refractivity contribution in [3.63, 3.8) is 0 Å². The summed E-state index contributed by atoms with van der Waals surface area (Å²) in [4.78, 5) is 29.5. The van der Waals surface area contributed by atoms with E-state index in [0.29, 0.717) is 35.9 Å². The number of methoxy groups -OCH3 is 3. The number of nitrogens with zero attached hydrogens (tertiary/aromatic N) is 2. The van der Waals surface area contributed by atoms with Crippen molar-refractivity contribution in [1.29, 1.82) is 0 Å².